The molecular formula is C13H19Cl2N3O2. The Morgan fingerprint density at radius 1 is 1.50 bits per heavy atom. The smallest absolute Gasteiger partial charge is 0.126 e. The van der Waals surface area contributed by atoms with Crippen molar-refractivity contribution in [2.75, 3.05) is 6.61 Å². The van der Waals surface area contributed by atoms with E-state index in [1.165, 1.54) is 0 Å². The summed E-state index contributed by atoms with van der Waals surface area (Å²) in [5, 5.41) is 14.7. The Morgan fingerprint density at radius 3 is 2.90 bits per heavy atom. The lowest BCUT2D eigenvalue weighted by molar-refractivity contribution is 0.134. The molecule has 0 saturated heterocycles. The zero-order valence-corrected chi connectivity index (χ0v) is 12.8. The first-order chi connectivity index (χ1) is 8.69. The van der Waals surface area contributed by atoms with Crippen LogP contribution in [-0.4, -0.2) is 33.6 Å². The molecule has 0 radical (unpaired) electrons. The van der Waals surface area contributed by atoms with Gasteiger partial charge in [-0.25, -0.2) is 0 Å². The SMILES string of the molecule is CC(N)Cn1ncc2ccc3c(c21)CC(CO)O3.Cl.Cl. The minimum atomic E-state index is -0.135. The van der Waals surface area contributed by atoms with Gasteiger partial charge in [0.05, 0.1) is 24.9 Å². The van der Waals surface area contributed by atoms with Crippen molar-refractivity contribution in [2.24, 2.45) is 5.73 Å². The number of fused-ring (bicyclic) bond motifs is 3. The molecule has 3 rings (SSSR count). The van der Waals surface area contributed by atoms with Gasteiger partial charge in [0.1, 0.15) is 11.9 Å². The van der Waals surface area contributed by atoms with Gasteiger partial charge in [-0.05, 0) is 19.1 Å². The van der Waals surface area contributed by atoms with Crippen molar-refractivity contribution in [2.45, 2.75) is 32.0 Å². The number of benzene rings is 1. The van der Waals surface area contributed by atoms with E-state index >= 15 is 0 Å². The molecular weight excluding hydrogens is 301 g/mol. The van der Waals surface area contributed by atoms with E-state index in [0.717, 1.165) is 28.6 Å². The Bertz CT molecular complexity index is 586. The summed E-state index contributed by atoms with van der Waals surface area (Å²) >= 11 is 0. The third kappa shape index (κ3) is 2.86. The van der Waals surface area contributed by atoms with Crippen molar-refractivity contribution in [1.29, 1.82) is 0 Å². The first-order valence-corrected chi connectivity index (χ1v) is 6.19. The maximum Gasteiger partial charge on any atom is 0.126 e. The number of aromatic nitrogens is 2. The summed E-state index contributed by atoms with van der Waals surface area (Å²) < 4.78 is 7.60. The molecule has 2 aromatic rings. The Balaban J connectivity index is 0.000001000. The molecule has 3 N–H and O–H groups in total. The van der Waals surface area contributed by atoms with Crippen molar-refractivity contribution >= 4 is 35.7 Å². The molecule has 2 atom stereocenters. The lowest BCUT2D eigenvalue weighted by Crippen LogP contribution is -2.23. The van der Waals surface area contributed by atoms with Gasteiger partial charge in [-0.2, -0.15) is 5.10 Å². The maximum atomic E-state index is 9.21. The molecule has 1 aliphatic heterocycles. The number of halogens is 2. The summed E-state index contributed by atoms with van der Waals surface area (Å²) in [6.07, 6.45) is 2.45. The molecule has 0 saturated carbocycles. The standard InChI is InChI=1S/C13H17N3O2.2ClH/c1-8(14)6-16-13-9(5-15-16)2-3-12-11(13)4-10(7-17)18-12;;/h2-3,5,8,10,17H,4,6-7,14H2,1H3;2*1H. The number of aliphatic hydroxyl groups excluding tert-OH is 1. The van der Waals surface area contributed by atoms with Crippen molar-refractivity contribution in [3.63, 3.8) is 0 Å². The fourth-order valence-electron chi connectivity index (χ4n) is 2.50. The van der Waals surface area contributed by atoms with Gasteiger partial charge < -0.3 is 15.6 Å². The average Bonchev–Trinajstić information content (AvgIpc) is 2.91. The molecule has 20 heavy (non-hydrogen) atoms. The van der Waals surface area contributed by atoms with Crippen molar-refractivity contribution in [1.82, 2.24) is 9.78 Å². The molecule has 0 fully saturated rings. The van der Waals surface area contributed by atoms with Crippen LogP contribution in [0.25, 0.3) is 10.9 Å². The Hall–Kier alpha value is -1.01. The summed E-state index contributed by atoms with van der Waals surface area (Å²) in [5.41, 5.74) is 8.05. The minimum absolute atomic E-state index is 0. The molecule has 1 aromatic carbocycles. The molecule has 0 aliphatic carbocycles. The van der Waals surface area contributed by atoms with Crippen LogP contribution in [0.5, 0.6) is 5.75 Å². The molecule has 1 aromatic heterocycles. The van der Waals surface area contributed by atoms with Crippen LogP contribution in [-0.2, 0) is 13.0 Å². The quantitative estimate of drug-likeness (QED) is 0.899. The Labute approximate surface area is 129 Å². The molecule has 112 valence electrons. The number of nitrogens with two attached hydrogens (primary N) is 1. The third-order valence-electron chi connectivity index (χ3n) is 3.26. The van der Waals surface area contributed by atoms with Crippen LogP contribution in [0.3, 0.4) is 0 Å². The van der Waals surface area contributed by atoms with Gasteiger partial charge in [0.2, 0.25) is 0 Å². The highest BCUT2D eigenvalue weighted by Crippen LogP contribution is 2.34. The molecule has 0 spiro atoms. The van der Waals surface area contributed by atoms with Crippen LogP contribution >= 0.6 is 24.8 Å². The number of rotatable bonds is 3. The predicted molar refractivity (Wildman–Crippen MR) is 83.1 cm³/mol. The second-order valence-electron chi connectivity index (χ2n) is 4.91. The van der Waals surface area contributed by atoms with E-state index in [2.05, 4.69) is 5.10 Å². The Kier molecular flexibility index (Phi) is 5.65. The number of ether oxygens (including phenoxy) is 1. The van der Waals surface area contributed by atoms with Gasteiger partial charge in [-0.15, -0.1) is 24.8 Å². The fraction of sp³-hybridized carbons (Fsp3) is 0.462. The maximum absolute atomic E-state index is 9.21. The zero-order valence-electron chi connectivity index (χ0n) is 11.2. The van der Waals surface area contributed by atoms with Gasteiger partial charge in [0.25, 0.3) is 0 Å². The number of nitrogens with zero attached hydrogens (tertiary/aromatic N) is 2. The molecule has 0 bridgehead atoms. The van der Waals surface area contributed by atoms with Gasteiger partial charge in [0.15, 0.2) is 0 Å². The fourth-order valence-corrected chi connectivity index (χ4v) is 2.50. The minimum Gasteiger partial charge on any atom is -0.487 e. The summed E-state index contributed by atoms with van der Waals surface area (Å²) in [5.74, 6) is 0.855. The van der Waals surface area contributed by atoms with E-state index < -0.39 is 0 Å². The van der Waals surface area contributed by atoms with Crippen molar-refractivity contribution in [3.8, 4) is 5.75 Å². The molecule has 7 heteroatoms. The van der Waals surface area contributed by atoms with Crippen molar-refractivity contribution < 1.29 is 9.84 Å². The number of hydrogen-bond acceptors (Lipinski definition) is 4. The second-order valence-corrected chi connectivity index (χ2v) is 4.91. The van der Waals surface area contributed by atoms with Crippen molar-refractivity contribution in [3.05, 3.63) is 23.9 Å². The molecule has 5 nitrogen and oxygen atoms in total. The van der Waals surface area contributed by atoms with Gasteiger partial charge in [0, 0.05) is 23.4 Å². The first-order valence-electron chi connectivity index (χ1n) is 6.19. The third-order valence-corrected chi connectivity index (χ3v) is 3.26. The summed E-state index contributed by atoms with van der Waals surface area (Å²) in [7, 11) is 0. The van der Waals surface area contributed by atoms with Crippen LogP contribution in [0.1, 0.15) is 12.5 Å². The van der Waals surface area contributed by atoms with Crippen LogP contribution in [0.4, 0.5) is 0 Å². The molecule has 2 heterocycles. The normalized spacial score (nSPS) is 17.9. The highest BCUT2D eigenvalue weighted by Gasteiger charge is 2.26. The van der Waals surface area contributed by atoms with Crippen LogP contribution in [0.15, 0.2) is 18.3 Å². The lowest BCUT2D eigenvalue weighted by Gasteiger charge is -2.08. The predicted octanol–water partition coefficient (Wildman–Crippen LogP) is 1.52. The topological polar surface area (TPSA) is 73.3 Å². The summed E-state index contributed by atoms with van der Waals surface area (Å²) in [6.45, 7) is 2.69. The van der Waals surface area contributed by atoms with E-state index in [9.17, 15) is 5.11 Å². The molecule has 1 aliphatic rings. The van der Waals surface area contributed by atoms with E-state index in [-0.39, 0.29) is 43.6 Å². The number of aliphatic hydroxyl groups is 1. The Morgan fingerprint density at radius 2 is 2.25 bits per heavy atom. The summed E-state index contributed by atoms with van der Waals surface area (Å²) in [4.78, 5) is 0. The highest BCUT2D eigenvalue weighted by atomic mass is 35.5. The van der Waals surface area contributed by atoms with Gasteiger partial charge >= 0.3 is 0 Å². The second kappa shape index (κ2) is 6.63. The van der Waals surface area contributed by atoms with E-state index in [1.807, 2.05) is 29.9 Å². The van der Waals surface area contributed by atoms with Gasteiger partial charge in [-0.1, -0.05) is 0 Å². The molecule has 0 amide bonds. The summed E-state index contributed by atoms with van der Waals surface area (Å²) in [6, 6.07) is 4.00. The lowest BCUT2D eigenvalue weighted by atomic mass is 10.1. The van der Waals surface area contributed by atoms with E-state index in [0.29, 0.717) is 6.54 Å². The number of hydrogen-bond donors (Lipinski definition) is 2. The van der Waals surface area contributed by atoms with E-state index in [4.69, 9.17) is 10.5 Å². The van der Waals surface area contributed by atoms with Crippen LogP contribution in [0, 0.1) is 0 Å². The first kappa shape index (κ1) is 17.0. The highest BCUT2D eigenvalue weighted by molar-refractivity contribution is 5.86. The molecule has 2 unspecified atom stereocenters. The van der Waals surface area contributed by atoms with Crippen LogP contribution < -0.4 is 10.5 Å². The van der Waals surface area contributed by atoms with Crippen LogP contribution in [0.2, 0.25) is 0 Å². The average molecular weight is 320 g/mol. The monoisotopic (exact) mass is 319 g/mol. The van der Waals surface area contributed by atoms with E-state index in [1.54, 1.807) is 0 Å². The van der Waals surface area contributed by atoms with Gasteiger partial charge in [-0.3, -0.25) is 4.68 Å². The largest absolute Gasteiger partial charge is 0.487 e. The zero-order chi connectivity index (χ0) is 12.7.